The Balaban J connectivity index is 1.65. The van der Waals surface area contributed by atoms with Crippen molar-refractivity contribution >= 4 is 5.91 Å². The van der Waals surface area contributed by atoms with Crippen LogP contribution in [0.3, 0.4) is 0 Å². The highest BCUT2D eigenvalue weighted by molar-refractivity contribution is 5.94. The second kappa shape index (κ2) is 6.91. The van der Waals surface area contributed by atoms with E-state index in [9.17, 15) is 4.79 Å². The molecular weight excluding hydrogens is 252 g/mol. The van der Waals surface area contributed by atoms with Crippen molar-refractivity contribution < 1.29 is 9.21 Å². The van der Waals surface area contributed by atoms with Crippen molar-refractivity contribution in [2.24, 2.45) is 0 Å². The number of furan rings is 1. The van der Waals surface area contributed by atoms with E-state index in [1.54, 1.807) is 0 Å². The SMILES string of the molecule is Cc1ccc(C(=O)NCCNCc2ccc(C)o2)cc1. The maximum Gasteiger partial charge on any atom is 0.251 e. The van der Waals surface area contributed by atoms with E-state index in [0.717, 1.165) is 17.1 Å². The van der Waals surface area contributed by atoms with E-state index < -0.39 is 0 Å². The van der Waals surface area contributed by atoms with Gasteiger partial charge in [-0.3, -0.25) is 4.79 Å². The van der Waals surface area contributed by atoms with Crippen LogP contribution >= 0.6 is 0 Å². The lowest BCUT2D eigenvalue weighted by Crippen LogP contribution is -2.31. The average Bonchev–Trinajstić information content (AvgIpc) is 2.84. The molecule has 1 aromatic heterocycles. The van der Waals surface area contributed by atoms with Gasteiger partial charge in [0, 0.05) is 18.7 Å². The van der Waals surface area contributed by atoms with Crippen LogP contribution in [0, 0.1) is 13.8 Å². The standard InChI is InChI=1S/C16H20N2O2/c1-12-3-6-14(7-4-12)16(19)18-10-9-17-11-15-8-5-13(2)20-15/h3-8,17H,9-11H2,1-2H3,(H,18,19). The van der Waals surface area contributed by atoms with Crippen molar-refractivity contribution in [3.63, 3.8) is 0 Å². The number of aryl methyl sites for hydroxylation is 2. The van der Waals surface area contributed by atoms with Crippen molar-refractivity contribution in [2.45, 2.75) is 20.4 Å². The number of hydrogen-bond acceptors (Lipinski definition) is 3. The molecule has 1 aromatic carbocycles. The molecule has 0 fully saturated rings. The minimum Gasteiger partial charge on any atom is -0.465 e. The zero-order valence-electron chi connectivity index (χ0n) is 11.9. The molecule has 1 heterocycles. The molecule has 2 N–H and O–H groups in total. The number of nitrogens with one attached hydrogen (secondary N) is 2. The van der Waals surface area contributed by atoms with Gasteiger partial charge in [-0.2, -0.15) is 0 Å². The summed E-state index contributed by atoms with van der Waals surface area (Å²) in [5.41, 5.74) is 1.84. The van der Waals surface area contributed by atoms with Gasteiger partial charge in [-0.25, -0.2) is 0 Å². The van der Waals surface area contributed by atoms with Crippen LogP contribution in [0.5, 0.6) is 0 Å². The summed E-state index contributed by atoms with van der Waals surface area (Å²) < 4.78 is 5.44. The predicted octanol–water partition coefficient (Wildman–Crippen LogP) is 2.42. The van der Waals surface area contributed by atoms with Crippen LogP contribution in [0.15, 0.2) is 40.8 Å². The second-order valence-electron chi connectivity index (χ2n) is 4.81. The molecular formula is C16H20N2O2. The molecule has 0 aliphatic heterocycles. The summed E-state index contributed by atoms with van der Waals surface area (Å²) in [7, 11) is 0. The van der Waals surface area contributed by atoms with Crippen LogP contribution in [0.2, 0.25) is 0 Å². The Kier molecular flexibility index (Phi) is 4.96. The van der Waals surface area contributed by atoms with Crippen LogP contribution in [0.25, 0.3) is 0 Å². The highest BCUT2D eigenvalue weighted by Gasteiger charge is 2.03. The molecule has 0 aliphatic rings. The maximum atomic E-state index is 11.8. The second-order valence-corrected chi connectivity index (χ2v) is 4.81. The lowest BCUT2D eigenvalue weighted by Gasteiger charge is -2.06. The molecule has 0 saturated heterocycles. The topological polar surface area (TPSA) is 54.3 Å². The lowest BCUT2D eigenvalue weighted by atomic mass is 10.1. The maximum absolute atomic E-state index is 11.8. The lowest BCUT2D eigenvalue weighted by molar-refractivity contribution is 0.0954. The molecule has 4 heteroatoms. The molecule has 0 saturated carbocycles. The van der Waals surface area contributed by atoms with E-state index in [1.807, 2.05) is 50.2 Å². The van der Waals surface area contributed by atoms with Gasteiger partial charge in [0.15, 0.2) is 0 Å². The Hall–Kier alpha value is -2.07. The van der Waals surface area contributed by atoms with Gasteiger partial charge in [0.1, 0.15) is 11.5 Å². The van der Waals surface area contributed by atoms with Crippen LogP contribution in [0.4, 0.5) is 0 Å². The molecule has 2 aromatic rings. The largest absolute Gasteiger partial charge is 0.465 e. The van der Waals surface area contributed by atoms with Gasteiger partial charge in [0.05, 0.1) is 6.54 Å². The Morgan fingerprint density at radius 2 is 1.80 bits per heavy atom. The molecule has 20 heavy (non-hydrogen) atoms. The fourth-order valence-corrected chi connectivity index (χ4v) is 1.86. The van der Waals surface area contributed by atoms with E-state index in [0.29, 0.717) is 25.2 Å². The number of rotatable bonds is 6. The van der Waals surface area contributed by atoms with Crippen molar-refractivity contribution in [2.75, 3.05) is 13.1 Å². The van der Waals surface area contributed by atoms with E-state index in [4.69, 9.17) is 4.42 Å². The highest BCUT2D eigenvalue weighted by Crippen LogP contribution is 2.05. The molecule has 1 amide bonds. The van der Waals surface area contributed by atoms with E-state index in [-0.39, 0.29) is 5.91 Å². The van der Waals surface area contributed by atoms with Crippen LogP contribution in [0.1, 0.15) is 27.4 Å². The fourth-order valence-electron chi connectivity index (χ4n) is 1.86. The third-order valence-corrected chi connectivity index (χ3v) is 3.00. The Morgan fingerprint density at radius 1 is 1.05 bits per heavy atom. The van der Waals surface area contributed by atoms with E-state index >= 15 is 0 Å². The Morgan fingerprint density at radius 3 is 2.45 bits per heavy atom. The summed E-state index contributed by atoms with van der Waals surface area (Å²) in [5.74, 6) is 1.78. The van der Waals surface area contributed by atoms with Crippen molar-refractivity contribution in [1.29, 1.82) is 0 Å². The van der Waals surface area contributed by atoms with E-state index in [2.05, 4.69) is 10.6 Å². The van der Waals surface area contributed by atoms with Gasteiger partial charge in [-0.1, -0.05) is 17.7 Å². The van der Waals surface area contributed by atoms with Gasteiger partial charge >= 0.3 is 0 Å². The molecule has 2 rings (SSSR count). The zero-order valence-corrected chi connectivity index (χ0v) is 11.9. The summed E-state index contributed by atoms with van der Waals surface area (Å²) in [6, 6.07) is 11.4. The van der Waals surface area contributed by atoms with Gasteiger partial charge < -0.3 is 15.1 Å². The highest BCUT2D eigenvalue weighted by atomic mass is 16.3. The molecule has 0 spiro atoms. The molecule has 0 bridgehead atoms. The van der Waals surface area contributed by atoms with Crippen molar-refractivity contribution in [1.82, 2.24) is 10.6 Å². The Bertz CT molecular complexity index is 558. The Labute approximate surface area is 119 Å². The van der Waals surface area contributed by atoms with Gasteiger partial charge in [-0.15, -0.1) is 0 Å². The van der Waals surface area contributed by atoms with E-state index in [1.165, 1.54) is 0 Å². The third kappa shape index (κ3) is 4.24. The summed E-state index contributed by atoms with van der Waals surface area (Å²) in [6.45, 7) is 5.89. The van der Waals surface area contributed by atoms with Crippen LogP contribution < -0.4 is 10.6 Å². The number of amides is 1. The number of benzene rings is 1. The third-order valence-electron chi connectivity index (χ3n) is 3.00. The number of carbonyl (C=O) groups excluding carboxylic acids is 1. The summed E-state index contributed by atoms with van der Waals surface area (Å²) in [6.07, 6.45) is 0. The average molecular weight is 272 g/mol. The fraction of sp³-hybridized carbons (Fsp3) is 0.312. The first-order valence-electron chi connectivity index (χ1n) is 6.76. The molecule has 106 valence electrons. The molecule has 0 atom stereocenters. The number of carbonyl (C=O) groups is 1. The molecule has 0 radical (unpaired) electrons. The summed E-state index contributed by atoms with van der Waals surface area (Å²) in [5, 5.41) is 6.10. The van der Waals surface area contributed by atoms with Crippen LogP contribution in [-0.2, 0) is 6.54 Å². The number of hydrogen-bond donors (Lipinski definition) is 2. The van der Waals surface area contributed by atoms with Crippen LogP contribution in [-0.4, -0.2) is 19.0 Å². The van der Waals surface area contributed by atoms with Crippen molar-refractivity contribution in [3.05, 3.63) is 59.0 Å². The van der Waals surface area contributed by atoms with Gasteiger partial charge in [-0.05, 0) is 38.1 Å². The monoisotopic (exact) mass is 272 g/mol. The van der Waals surface area contributed by atoms with Crippen molar-refractivity contribution in [3.8, 4) is 0 Å². The first-order valence-corrected chi connectivity index (χ1v) is 6.76. The smallest absolute Gasteiger partial charge is 0.251 e. The zero-order chi connectivity index (χ0) is 14.4. The normalized spacial score (nSPS) is 10.5. The van der Waals surface area contributed by atoms with Gasteiger partial charge in [0.2, 0.25) is 0 Å². The first kappa shape index (κ1) is 14.3. The van der Waals surface area contributed by atoms with Gasteiger partial charge in [0.25, 0.3) is 5.91 Å². The molecule has 4 nitrogen and oxygen atoms in total. The minimum atomic E-state index is -0.0411. The predicted molar refractivity (Wildman–Crippen MR) is 78.7 cm³/mol. The summed E-state index contributed by atoms with van der Waals surface area (Å²) in [4.78, 5) is 11.8. The quantitative estimate of drug-likeness (QED) is 0.794. The molecule has 0 unspecified atom stereocenters. The first-order chi connectivity index (χ1) is 9.65. The molecule has 0 aliphatic carbocycles. The summed E-state index contributed by atoms with van der Waals surface area (Å²) >= 11 is 0. The minimum absolute atomic E-state index is 0.0411.